The number of nitrogen functional groups attached to an aromatic ring is 1. The van der Waals surface area contributed by atoms with Gasteiger partial charge in [-0.25, -0.2) is 0 Å². The van der Waals surface area contributed by atoms with Crippen LogP contribution in [0.5, 0.6) is 0 Å². The first kappa shape index (κ1) is 19.5. The van der Waals surface area contributed by atoms with E-state index >= 15 is 0 Å². The van der Waals surface area contributed by atoms with E-state index in [-0.39, 0.29) is 17.8 Å². The number of ether oxygens (including phenoxy) is 1. The molecular weight excluding hydrogens is 413 g/mol. The molecule has 22 heavy (non-hydrogen) atoms. The van der Waals surface area contributed by atoms with E-state index in [4.69, 9.17) is 10.5 Å². The molecule has 0 spiro atoms. The van der Waals surface area contributed by atoms with E-state index in [9.17, 15) is 4.79 Å². The molecule has 1 aliphatic rings. The minimum atomic E-state index is -0.0973. The van der Waals surface area contributed by atoms with Crippen LogP contribution < -0.4 is 11.3 Å². The number of hydrogen-bond acceptors (Lipinski definition) is 5. The Labute approximate surface area is 151 Å². The quantitative estimate of drug-likeness (QED) is 0.447. The summed E-state index contributed by atoms with van der Waals surface area (Å²) in [7, 11) is 0. The van der Waals surface area contributed by atoms with E-state index in [0.717, 1.165) is 25.2 Å². The van der Waals surface area contributed by atoms with Crippen molar-refractivity contribution >= 4 is 43.9 Å². The normalized spacial score (nSPS) is 21.8. The predicted molar refractivity (Wildman–Crippen MR) is 104 cm³/mol. The van der Waals surface area contributed by atoms with Crippen molar-refractivity contribution in [2.75, 3.05) is 25.4 Å². The molecule has 7 heteroatoms. The molecule has 0 aromatic carbocycles. The maximum atomic E-state index is 11.9. The molecule has 0 radical (unpaired) electrons. The number of aryl methyl sites for hydroxylation is 1. The second-order valence-electron chi connectivity index (χ2n) is 5.58. The lowest BCUT2D eigenvalue weighted by Gasteiger charge is -2.35. The summed E-state index contributed by atoms with van der Waals surface area (Å²) in [4.78, 5) is 14.3. The number of nitrogens with two attached hydrogens (primary N) is 1. The van der Waals surface area contributed by atoms with Crippen LogP contribution in [0.3, 0.4) is 0 Å². The molecule has 2 rings (SSSR count). The number of hydrogen-bond donors (Lipinski definition) is 1. The maximum absolute atomic E-state index is 11.9. The zero-order valence-electron chi connectivity index (χ0n) is 13.3. The number of rotatable bonds is 3. The van der Waals surface area contributed by atoms with Crippen molar-refractivity contribution in [1.29, 1.82) is 0 Å². The second-order valence-corrected chi connectivity index (χ2v) is 7.28. The lowest BCUT2D eigenvalue weighted by atomic mass is 10.2. The van der Waals surface area contributed by atoms with Crippen molar-refractivity contribution < 1.29 is 4.74 Å². The van der Waals surface area contributed by atoms with Crippen LogP contribution >= 0.6 is 34.8 Å². The van der Waals surface area contributed by atoms with Gasteiger partial charge in [0.05, 0.1) is 17.9 Å². The first-order valence-corrected chi connectivity index (χ1v) is 8.97. The molecule has 2 heterocycles. The molecule has 1 aliphatic heterocycles. The fraction of sp³-hybridized carbons (Fsp3) is 0.600. The summed E-state index contributed by atoms with van der Waals surface area (Å²) in [6.07, 6.45) is 2.37. The zero-order valence-corrected chi connectivity index (χ0v) is 16.3. The molecule has 0 amide bonds. The van der Waals surface area contributed by atoms with Gasteiger partial charge in [-0.3, -0.25) is 9.69 Å². The Hall–Kier alpha value is -0.510. The van der Waals surface area contributed by atoms with Gasteiger partial charge in [-0.1, -0.05) is 12.2 Å². The summed E-state index contributed by atoms with van der Waals surface area (Å²) in [5.74, 6) is 0. The fourth-order valence-corrected chi connectivity index (χ4v) is 2.70. The topological polar surface area (TPSA) is 60.5 Å². The third kappa shape index (κ3) is 6.31. The summed E-state index contributed by atoms with van der Waals surface area (Å²) < 4.78 is 8.96. The van der Waals surface area contributed by atoms with E-state index in [0.29, 0.717) is 12.2 Å². The molecule has 0 aliphatic carbocycles. The standard InChI is InChI=1S/C14H23N3O2.CHIS/c1-10-6-13(15)14(18)17(7-10)5-4-16-8-11(2)19-12(3)9-16;2-1-3/h6-7,11-12H,4-5,8-9,15H2,1-3H3;1H. The molecule has 1 fully saturated rings. The van der Waals surface area contributed by atoms with Gasteiger partial charge in [0, 0.05) is 35.8 Å². The monoisotopic (exact) mass is 437 g/mol. The molecule has 2 N–H and O–H groups in total. The minimum absolute atomic E-state index is 0.0973. The van der Waals surface area contributed by atoms with Gasteiger partial charge in [0.2, 0.25) is 0 Å². The van der Waals surface area contributed by atoms with Crippen LogP contribution in [0.2, 0.25) is 0 Å². The van der Waals surface area contributed by atoms with Gasteiger partial charge in [0.25, 0.3) is 5.56 Å². The van der Waals surface area contributed by atoms with Crippen molar-refractivity contribution in [1.82, 2.24) is 9.47 Å². The molecule has 1 saturated heterocycles. The average molecular weight is 437 g/mol. The highest BCUT2D eigenvalue weighted by Gasteiger charge is 2.21. The first-order chi connectivity index (χ1) is 10.4. The van der Waals surface area contributed by atoms with Gasteiger partial charge in [-0.15, -0.1) is 0 Å². The highest BCUT2D eigenvalue weighted by atomic mass is 127. The number of nitrogens with zero attached hydrogens (tertiary/aromatic N) is 2. The number of anilines is 1. The largest absolute Gasteiger partial charge is 0.394 e. The van der Waals surface area contributed by atoms with Crippen LogP contribution in [-0.2, 0) is 11.3 Å². The SMILES string of the molecule is Cc1cc(N)c(=O)n(CCN2CC(C)OC(C)C2)c1.S=CI. The summed E-state index contributed by atoms with van der Waals surface area (Å²) in [6, 6.07) is 1.72. The van der Waals surface area contributed by atoms with Crippen LogP contribution in [0.15, 0.2) is 17.1 Å². The fourth-order valence-electron chi connectivity index (χ4n) is 2.70. The van der Waals surface area contributed by atoms with Gasteiger partial charge < -0.3 is 15.0 Å². The Morgan fingerprint density at radius 3 is 2.50 bits per heavy atom. The van der Waals surface area contributed by atoms with E-state index in [2.05, 4.69) is 31.0 Å². The van der Waals surface area contributed by atoms with Gasteiger partial charge in [-0.05, 0) is 55.0 Å². The molecule has 1 aromatic rings. The Kier molecular flexibility index (Phi) is 8.52. The molecule has 124 valence electrons. The lowest BCUT2D eigenvalue weighted by Crippen LogP contribution is -2.46. The molecule has 2 unspecified atom stereocenters. The van der Waals surface area contributed by atoms with Gasteiger partial charge in [0.1, 0.15) is 0 Å². The number of pyridine rings is 1. The van der Waals surface area contributed by atoms with Crippen LogP contribution in [0.25, 0.3) is 0 Å². The number of aromatic nitrogens is 1. The summed E-state index contributed by atoms with van der Waals surface area (Å²) >= 11 is 6.23. The predicted octanol–water partition coefficient (Wildman–Crippen LogP) is 2.23. The molecule has 0 saturated carbocycles. The maximum Gasteiger partial charge on any atom is 0.273 e. The van der Waals surface area contributed by atoms with Crippen molar-refractivity contribution in [2.45, 2.75) is 39.5 Å². The smallest absolute Gasteiger partial charge is 0.273 e. The number of thiocarbonyl (C=S) groups is 1. The minimum Gasteiger partial charge on any atom is -0.394 e. The summed E-state index contributed by atoms with van der Waals surface area (Å²) in [6.45, 7) is 9.47. The summed E-state index contributed by atoms with van der Waals surface area (Å²) in [5.41, 5.74) is 6.95. The average Bonchev–Trinajstić information content (AvgIpc) is 2.41. The van der Waals surface area contributed by atoms with E-state index in [1.54, 1.807) is 14.0 Å². The van der Waals surface area contributed by atoms with Crippen LogP contribution in [0.1, 0.15) is 19.4 Å². The third-order valence-electron chi connectivity index (χ3n) is 3.40. The van der Waals surface area contributed by atoms with Crippen molar-refractivity contribution in [3.8, 4) is 0 Å². The van der Waals surface area contributed by atoms with E-state index in [1.165, 1.54) is 0 Å². The molecule has 5 nitrogen and oxygen atoms in total. The van der Waals surface area contributed by atoms with Crippen molar-refractivity contribution in [3.63, 3.8) is 0 Å². The summed E-state index contributed by atoms with van der Waals surface area (Å²) in [5, 5.41) is 0. The van der Waals surface area contributed by atoms with Crippen molar-refractivity contribution in [3.05, 3.63) is 28.2 Å². The molecule has 1 aromatic heterocycles. The Bertz CT molecular complexity index is 540. The number of halogens is 1. The van der Waals surface area contributed by atoms with E-state index in [1.807, 2.05) is 35.7 Å². The lowest BCUT2D eigenvalue weighted by molar-refractivity contribution is -0.0686. The molecular formula is C15H24IN3O2S. The van der Waals surface area contributed by atoms with Crippen molar-refractivity contribution in [2.24, 2.45) is 0 Å². The van der Waals surface area contributed by atoms with Crippen LogP contribution in [-0.4, -0.2) is 44.7 Å². The zero-order chi connectivity index (χ0) is 16.7. The Balaban J connectivity index is 0.000000745. The van der Waals surface area contributed by atoms with Gasteiger partial charge in [0.15, 0.2) is 0 Å². The molecule has 2 atom stereocenters. The van der Waals surface area contributed by atoms with Crippen LogP contribution in [0.4, 0.5) is 5.69 Å². The highest BCUT2D eigenvalue weighted by Crippen LogP contribution is 2.10. The van der Waals surface area contributed by atoms with Gasteiger partial charge >= 0.3 is 0 Å². The molecule has 0 bridgehead atoms. The highest BCUT2D eigenvalue weighted by molar-refractivity contribution is 14.1. The Morgan fingerprint density at radius 2 is 1.95 bits per heavy atom. The third-order valence-corrected chi connectivity index (χ3v) is 3.40. The van der Waals surface area contributed by atoms with Crippen LogP contribution in [0, 0.1) is 6.92 Å². The second kappa shape index (κ2) is 9.59. The Morgan fingerprint density at radius 1 is 1.41 bits per heavy atom. The van der Waals surface area contributed by atoms with Gasteiger partial charge in [-0.2, -0.15) is 0 Å². The van der Waals surface area contributed by atoms with E-state index < -0.39 is 0 Å². The number of morpholine rings is 1. The first-order valence-electron chi connectivity index (χ1n) is 7.25.